The Morgan fingerprint density at radius 1 is 0.522 bits per heavy atom. The minimum Gasteiger partial charge on any atom is -0.394 e. The topological polar surface area (TPSA) is 248 Å². The van der Waals surface area contributed by atoms with E-state index in [4.69, 9.17) is 18.9 Å². The maximum absolute atomic E-state index is 13.3. The lowest BCUT2D eigenvalue weighted by Crippen LogP contribution is -2.62. The molecule has 2 saturated heterocycles. The van der Waals surface area contributed by atoms with E-state index in [0.717, 1.165) is 56.8 Å². The van der Waals surface area contributed by atoms with Crippen molar-refractivity contribution in [2.24, 2.45) is 11.8 Å². The summed E-state index contributed by atoms with van der Waals surface area (Å²) in [7, 11) is 0. The van der Waals surface area contributed by atoms with Crippen molar-refractivity contribution in [2.75, 3.05) is 13.2 Å². The minimum absolute atomic E-state index is 0.221. The maximum atomic E-state index is 13.3. The molecule has 0 aromatic rings. The molecule has 14 atom stereocenters. The van der Waals surface area contributed by atoms with Gasteiger partial charge >= 0.3 is 0 Å². The molecule has 0 aromatic heterocycles. The van der Waals surface area contributed by atoms with Crippen LogP contribution in [0.15, 0.2) is 0 Å². The van der Waals surface area contributed by atoms with E-state index < -0.39 is 105 Å². The van der Waals surface area contributed by atoms with Gasteiger partial charge < -0.3 is 70.2 Å². The maximum Gasteiger partial charge on any atom is 0.249 e. The van der Waals surface area contributed by atoms with Crippen LogP contribution in [0.1, 0.15) is 214 Å². The molecule has 0 radical (unpaired) electrons. The second-order valence-electron chi connectivity index (χ2n) is 20.9. The van der Waals surface area contributed by atoms with Gasteiger partial charge in [0.15, 0.2) is 12.6 Å². The fraction of sp³-hybridized carbons (Fsp3) is 0.981. The number of unbranched alkanes of at least 4 members (excludes halogenated alkanes) is 22. The molecule has 0 bridgehead atoms. The van der Waals surface area contributed by atoms with Crippen molar-refractivity contribution in [3.63, 3.8) is 0 Å². The molecular weight excluding hydrogens is 863 g/mol. The molecule has 15 nitrogen and oxygen atoms in total. The summed E-state index contributed by atoms with van der Waals surface area (Å²) in [5.74, 6) is 0.814. The molecule has 2 rings (SSSR count). The van der Waals surface area contributed by atoms with Crippen molar-refractivity contribution in [3.05, 3.63) is 0 Å². The van der Waals surface area contributed by atoms with Crippen molar-refractivity contribution in [3.8, 4) is 0 Å². The van der Waals surface area contributed by atoms with E-state index >= 15 is 0 Å². The Balaban J connectivity index is 1.85. The Hall–Kier alpha value is -1.05. The van der Waals surface area contributed by atoms with Gasteiger partial charge in [-0.15, -0.1) is 0 Å². The Bertz CT molecular complexity index is 1200. The zero-order valence-corrected chi connectivity index (χ0v) is 42.5. The van der Waals surface area contributed by atoms with Gasteiger partial charge in [0, 0.05) is 0 Å². The minimum atomic E-state index is -1.79. The summed E-state index contributed by atoms with van der Waals surface area (Å²) in [6.07, 6.45) is 11.9. The SMILES string of the molecule is CC(C)CCCCCCCCCCCCCCCCCC(O)C(=O)N[C@@H](CO[C@@H]1O[C@H](CO)[C@@H](O[C@@H]2O[C@H]([C@H](C)O)[C@@H](O)[C@@H]2O)[C@H](O)[C@H]1O)[C@H](O)[C@H](O)CCCCCCCCCCCC(C)C. The van der Waals surface area contributed by atoms with Gasteiger partial charge in [0.05, 0.1) is 31.5 Å². The lowest BCUT2D eigenvalue weighted by Gasteiger charge is -2.43. The van der Waals surface area contributed by atoms with Crippen molar-refractivity contribution in [1.82, 2.24) is 5.32 Å². The number of amides is 1. The molecule has 2 aliphatic heterocycles. The van der Waals surface area contributed by atoms with Crippen LogP contribution >= 0.6 is 0 Å². The van der Waals surface area contributed by atoms with Crippen LogP contribution in [0.5, 0.6) is 0 Å². The Labute approximate surface area is 405 Å². The highest BCUT2D eigenvalue weighted by molar-refractivity contribution is 5.80. The summed E-state index contributed by atoms with van der Waals surface area (Å²) in [5, 5.41) is 98.9. The zero-order chi connectivity index (χ0) is 49.6. The second-order valence-corrected chi connectivity index (χ2v) is 20.9. The van der Waals surface area contributed by atoms with Crippen LogP contribution in [-0.4, -0.2) is 151 Å². The fourth-order valence-electron chi connectivity index (χ4n) is 9.30. The molecule has 15 heteroatoms. The molecule has 1 amide bonds. The fourth-order valence-corrected chi connectivity index (χ4v) is 9.30. The van der Waals surface area contributed by atoms with Gasteiger partial charge in [0.2, 0.25) is 5.91 Å². The van der Waals surface area contributed by atoms with E-state index in [1.165, 1.54) is 116 Å². The van der Waals surface area contributed by atoms with Crippen molar-refractivity contribution in [2.45, 2.75) is 300 Å². The monoisotopic (exact) mass is 964 g/mol. The molecule has 10 N–H and O–H groups in total. The van der Waals surface area contributed by atoms with Crippen molar-refractivity contribution in [1.29, 1.82) is 0 Å². The van der Waals surface area contributed by atoms with Crippen molar-refractivity contribution >= 4 is 5.91 Å². The molecule has 0 spiro atoms. The van der Waals surface area contributed by atoms with Crippen molar-refractivity contribution < 1.29 is 69.7 Å². The Morgan fingerprint density at radius 3 is 1.33 bits per heavy atom. The first-order valence-corrected chi connectivity index (χ1v) is 27.0. The van der Waals surface area contributed by atoms with E-state index in [-0.39, 0.29) is 12.8 Å². The number of carbonyl (C=O) groups is 1. The Kier molecular flexibility index (Phi) is 34.1. The van der Waals surface area contributed by atoms with E-state index in [0.29, 0.717) is 12.8 Å². The van der Waals surface area contributed by atoms with Gasteiger partial charge in [-0.25, -0.2) is 0 Å². The molecule has 2 heterocycles. The average molecular weight is 964 g/mol. The van der Waals surface area contributed by atoms with Crippen LogP contribution in [0.3, 0.4) is 0 Å². The largest absolute Gasteiger partial charge is 0.394 e. The number of aliphatic hydroxyl groups excluding tert-OH is 9. The summed E-state index contributed by atoms with van der Waals surface area (Å²) < 4.78 is 22.7. The van der Waals surface area contributed by atoms with Crippen LogP contribution in [0.25, 0.3) is 0 Å². The predicted octanol–water partition coefficient (Wildman–Crippen LogP) is 6.46. The van der Waals surface area contributed by atoms with Gasteiger partial charge in [-0.05, 0) is 31.6 Å². The van der Waals surface area contributed by atoms with Crippen LogP contribution in [0.4, 0.5) is 0 Å². The molecule has 2 fully saturated rings. The summed E-state index contributed by atoms with van der Waals surface area (Å²) in [5.41, 5.74) is 0. The smallest absolute Gasteiger partial charge is 0.249 e. The molecule has 0 saturated carbocycles. The number of carbonyl (C=O) groups excluding carboxylic acids is 1. The number of hydrogen-bond acceptors (Lipinski definition) is 14. The van der Waals surface area contributed by atoms with E-state index in [1.807, 2.05) is 0 Å². The molecule has 2 aliphatic rings. The third kappa shape index (κ3) is 25.8. The molecular formula is C52H101NO14. The van der Waals surface area contributed by atoms with E-state index in [9.17, 15) is 50.8 Å². The summed E-state index contributed by atoms with van der Waals surface area (Å²) in [4.78, 5) is 13.3. The highest BCUT2D eigenvalue weighted by atomic mass is 16.7. The lowest BCUT2D eigenvalue weighted by molar-refractivity contribution is -0.331. The highest BCUT2D eigenvalue weighted by Crippen LogP contribution is 2.31. The number of rotatable bonds is 41. The number of ether oxygens (including phenoxy) is 4. The molecule has 67 heavy (non-hydrogen) atoms. The van der Waals surface area contributed by atoms with Gasteiger partial charge in [-0.1, -0.05) is 195 Å². The third-order valence-corrected chi connectivity index (χ3v) is 13.8. The summed E-state index contributed by atoms with van der Waals surface area (Å²) in [6.45, 7) is 9.22. The highest BCUT2D eigenvalue weighted by Gasteiger charge is 2.51. The normalized spacial score (nSPS) is 26.8. The first-order chi connectivity index (χ1) is 32.1. The van der Waals surface area contributed by atoms with E-state index in [2.05, 4.69) is 33.0 Å². The van der Waals surface area contributed by atoms with Gasteiger partial charge in [-0.2, -0.15) is 0 Å². The number of hydrogen-bond donors (Lipinski definition) is 10. The quantitative estimate of drug-likeness (QED) is 0.0296. The first kappa shape index (κ1) is 62.1. The first-order valence-electron chi connectivity index (χ1n) is 27.0. The van der Waals surface area contributed by atoms with Crippen LogP contribution in [-0.2, 0) is 23.7 Å². The van der Waals surface area contributed by atoms with Gasteiger partial charge in [0.1, 0.15) is 54.9 Å². The summed E-state index contributed by atoms with van der Waals surface area (Å²) >= 11 is 0. The van der Waals surface area contributed by atoms with Crippen LogP contribution < -0.4 is 5.32 Å². The Morgan fingerprint density at radius 2 is 0.925 bits per heavy atom. The number of aliphatic hydroxyl groups is 9. The third-order valence-electron chi connectivity index (χ3n) is 13.8. The molecule has 0 aliphatic carbocycles. The zero-order valence-electron chi connectivity index (χ0n) is 42.5. The lowest BCUT2D eigenvalue weighted by atomic mass is 9.98. The molecule has 398 valence electrons. The second kappa shape index (κ2) is 36.8. The average Bonchev–Trinajstić information content (AvgIpc) is 3.58. The number of nitrogens with one attached hydrogen (secondary N) is 1. The van der Waals surface area contributed by atoms with Gasteiger partial charge in [0.25, 0.3) is 0 Å². The molecule has 0 aromatic carbocycles. The van der Waals surface area contributed by atoms with Gasteiger partial charge in [-0.3, -0.25) is 4.79 Å². The van der Waals surface area contributed by atoms with Crippen LogP contribution in [0, 0.1) is 11.8 Å². The van der Waals surface area contributed by atoms with E-state index in [1.54, 1.807) is 0 Å². The van der Waals surface area contributed by atoms with Crippen LogP contribution in [0.2, 0.25) is 0 Å². The predicted molar refractivity (Wildman–Crippen MR) is 260 cm³/mol. The standard InChI is InChI=1S/C52H101NO14/c1-36(2)30-26-22-18-14-11-9-7-6-8-10-12-16-21-25-29-33-41(57)50(63)53-39(43(58)40(56)32-28-24-20-17-13-15-19-23-27-31-37(3)4)35-64-51-46(61)45(60)49(42(34-54)65-51)67-52-47(62)44(59)48(66-52)38(5)55/h36-49,51-52,54-62H,6-35H2,1-5H3,(H,53,63)/t38-,39-,40+,41?,42+,43-,44-,45+,46+,47-,48+,49+,51+,52-/m0/s1. The summed E-state index contributed by atoms with van der Waals surface area (Å²) in [6, 6.07) is -1.25. The molecule has 1 unspecified atom stereocenters.